The molecule has 2 aliphatic heterocycles. The van der Waals surface area contributed by atoms with E-state index in [1.54, 1.807) is 0 Å². The monoisotopic (exact) mass is 758 g/mol. The number of aromatic nitrogens is 1. The van der Waals surface area contributed by atoms with Gasteiger partial charge in [-0.05, 0) is 146 Å². The molecule has 0 spiro atoms. The van der Waals surface area contributed by atoms with Crippen molar-refractivity contribution in [2.75, 3.05) is 4.90 Å². The predicted molar refractivity (Wildman–Crippen MR) is 248 cm³/mol. The standard InChI is InChI=1S/C53H51BN2S/c1-30-23-37-35-16-12-15-34-36-25-31-13-10-11-14-32(31)26-43(36)56(47(34)35)54-46(37)44(24-30)55(33-17-18-39-40(27-33)51(4,5)20-19-50(39,2)3)48-38-28-41-42(29-45(38)57-49(48)54)53(8,9)22-21-52(41,6)7/h10-18,23-29H,19-22H2,1-9H3. The van der Waals surface area contributed by atoms with Crippen molar-refractivity contribution in [2.24, 2.45) is 0 Å². The third-order valence-electron chi connectivity index (χ3n) is 15.3. The van der Waals surface area contributed by atoms with E-state index < -0.39 is 0 Å². The first-order valence-electron chi connectivity index (χ1n) is 21.3. The van der Waals surface area contributed by atoms with Crippen LogP contribution in [-0.4, -0.2) is 11.3 Å². The largest absolute Gasteiger partial charge is 0.375 e. The van der Waals surface area contributed by atoms with Crippen LogP contribution >= 0.6 is 11.3 Å². The normalized spacial score (nSPS) is 19.2. The molecule has 4 aliphatic rings. The number of aryl methyl sites for hydroxylation is 1. The molecular formula is C53H51BN2S. The third kappa shape index (κ3) is 4.43. The smallest absolute Gasteiger partial charge is 0.343 e. The van der Waals surface area contributed by atoms with Gasteiger partial charge >= 0.3 is 6.85 Å². The van der Waals surface area contributed by atoms with Crippen LogP contribution in [0.5, 0.6) is 0 Å². The first kappa shape index (κ1) is 34.3. The van der Waals surface area contributed by atoms with E-state index in [1.165, 1.54) is 135 Å². The zero-order valence-corrected chi connectivity index (χ0v) is 35.8. The van der Waals surface area contributed by atoms with Gasteiger partial charge in [0.15, 0.2) is 0 Å². The second-order valence-electron chi connectivity index (χ2n) is 20.7. The van der Waals surface area contributed by atoms with Gasteiger partial charge in [-0.25, -0.2) is 0 Å². The quantitative estimate of drug-likeness (QED) is 0.151. The molecule has 0 saturated carbocycles. The maximum absolute atomic E-state index is 2.76. The van der Waals surface area contributed by atoms with Crippen molar-refractivity contribution >= 4 is 88.2 Å². The van der Waals surface area contributed by atoms with E-state index in [0.717, 1.165) is 0 Å². The number of rotatable bonds is 1. The van der Waals surface area contributed by atoms with E-state index in [9.17, 15) is 0 Å². The lowest BCUT2D eigenvalue weighted by Gasteiger charge is -2.44. The van der Waals surface area contributed by atoms with Crippen molar-refractivity contribution in [2.45, 2.75) is 110 Å². The molecule has 0 saturated heterocycles. The highest BCUT2D eigenvalue weighted by molar-refractivity contribution is 7.32. The summed E-state index contributed by atoms with van der Waals surface area (Å²) in [4.78, 5) is 2.72. The number of fused-ring (bicyclic) bond motifs is 12. The van der Waals surface area contributed by atoms with Crippen LogP contribution < -0.4 is 15.1 Å². The van der Waals surface area contributed by atoms with Crippen molar-refractivity contribution in [3.63, 3.8) is 0 Å². The second kappa shape index (κ2) is 10.8. The van der Waals surface area contributed by atoms with Crippen molar-refractivity contribution < 1.29 is 0 Å². The minimum absolute atomic E-state index is 0.0568. The molecule has 57 heavy (non-hydrogen) atoms. The van der Waals surface area contributed by atoms with Gasteiger partial charge in [0.05, 0.1) is 5.69 Å². The molecule has 0 atom stereocenters. The first-order chi connectivity index (χ1) is 27.1. The fourth-order valence-electron chi connectivity index (χ4n) is 11.8. The molecule has 8 aromatic rings. The maximum atomic E-state index is 2.76. The zero-order valence-electron chi connectivity index (χ0n) is 34.9. The minimum Gasteiger partial charge on any atom is -0.375 e. The lowest BCUT2D eigenvalue weighted by Crippen LogP contribution is -2.55. The fourth-order valence-corrected chi connectivity index (χ4v) is 13.1. The SMILES string of the molecule is Cc1cc2c3c(c1)N(c1ccc4c(c1)C(C)(C)CCC4(C)C)c1c(sc4cc5c(cc14)C(C)(C)CCC5(C)C)B3n1c3cc4ccccc4cc3c3cccc-2c31. The summed E-state index contributed by atoms with van der Waals surface area (Å²) in [5.41, 5.74) is 18.8. The van der Waals surface area contributed by atoms with Crippen molar-refractivity contribution in [3.8, 4) is 11.1 Å². The molecule has 0 fully saturated rings. The summed E-state index contributed by atoms with van der Waals surface area (Å²) in [6.07, 6.45) is 4.83. The van der Waals surface area contributed by atoms with E-state index in [4.69, 9.17) is 0 Å². The molecule has 4 heteroatoms. The Balaban J connectivity index is 1.24. The van der Waals surface area contributed by atoms with Gasteiger partial charge in [0.25, 0.3) is 0 Å². The van der Waals surface area contributed by atoms with Crippen LogP contribution in [0.2, 0.25) is 0 Å². The predicted octanol–water partition coefficient (Wildman–Crippen LogP) is 13.6. The maximum Gasteiger partial charge on any atom is 0.343 e. The van der Waals surface area contributed by atoms with Crippen LogP contribution in [0.1, 0.15) is 109 Å². The third-order valence-corrected chi connectivity index (χ3v) is 16.5. The Morgan fingerprint density at radius 1 is 0.561 bits per heavy atom. The summed E-state index contributed by atoms with van der Waals surface area (Å²) in [6.45, 7) is 22.1. The Kier molecular flexibility index (Phi) is 6.51. The number of anilines is 3. The molecule has 0 bridgehead atoms. The molecule has 2 aliphatic carbocycles. The molecular weight excluding hydrogens is 707 g/mol. The average Bonchev–Trinajstić information content (AvgIpc) is 3.71. The zero-order chi connectivity index (χ0) is 39.1. The number of nitrogens with zero attached hydrogens (tertiary/aromatic N) is 2. The van der Waals surface area contributed by atoms with Crippen LogP contribution in [0.4, 0.5) is 17.1 Å². The number of thiophene rings is 1. The molecule has 0 amide bonds. The Hall–Kier alpha value is -4.80. The minimum atomic E-state index is 0.0568. The van der Waals surface area contributed by atoms with Gasteiger partial charge in [-0.3, -0.25) is 0 Å². The summed E-state index contributed by atoms with van der Waals surface area (Å²) in [6, 6.07) is 38.7. The lowest BCUT2D eigenvalue weighted by molar-refractivity contribution is 0.332. The van der Waals surface area contributed by atoms with Gasteiger partial charge in [0, 0.05) is 53.6 Å². The van der Waals surface area contributed by atoms with E-state index in [0.29, 0.717) is 0 Å². The summed E-state index contributed by atoms with van der Waals surface area (Å²) >= 11 is 2.06. The van der Waals surface area contributed by atoms with Crippen LogP contribution in [0.3, 0.4) is 0 Å². The number of hydrogen-bond acceptors (Lipinski definition) is 2. The van der Waals surface area contributed by atoms with E-state index in [2.05, 4.69) is 180 Å². The van der Waals surface area contributed by atoms with E-state index in [-0.39, 0.29) is 28.5 Å². The Labute approximate surface area is 341 Å². The van der Waals surface area contributed by atoms with Crippen LogP contribution in [0.25, 0.3) is 53.8 Å². The van der Waals surface area contributed by atoms with Crippen LogP contribution in [0, 0.1) is 6.92 Å². The van der Waals surface area contributed by atoms with Gasteiger partial charge < -0.3 is 9.38 Å². The molecule has 0 radical (unpaired) electrons. The summed E-state index contributed by atoms with van der Waals surface area (Å²) < 4.78 is 5.63. The Morgan fingerprint density at radius 3 is 1.93 bits per heavy atom. The molecule has 0 unspecified atom stereocenters. The van der Waals surface area contributed by atoms with Crippen molar-refractivity contribution in [1.82, 2.24) is 4.48 Å². The molecule has 0 N–H and O–H groups in total. The highest BCUT2D eigenvalue weighted by atomic mass is 32.1. The van der Waals surface area contributed by atoms with Gasteiger partial charge in [-0.15, -0.1) is 11.3 Å². The molecule has 4 heterocycles. The highest BCUT2D eigenvalue weighted by Crippen LogP contribution is 2.54. The first-order valence-corrected chi connectivity index (χ1v) is 22.1. The van der Waals surface area contributed by atoms with Gasteiger partial charge in [-0.2, -0.15) is 0 Å². The van der Waals surface area contributed by atoms with E-state index in [1.807, 2.05) is 0 Å². The molecule has 2 nitrogen and oxygen atoms in total. The van der Waals surface area contributed by atoms with Crippen LogP contribution in [0.15, 0.2) is 97.1 Å². The number of hydrogen-bond donors (Lipinski definition) is 0. The van der Waals surface area contributed by atoms with Gasteiger partial charge in [0.2, 0.25) is 0 Å². The molecule has 282 valence electrons. The molecule has 12 rings (SSSR count). The number of benzene rings is 6. The molecule has 2 aromatic heterocycles. The number of para-hydroxylation sites is 1. The molecule has 6 aromatic carbocycles. The second-order valence-corrected chi connectivity index (χ2v) is 21.8. The van der Waals surface area contributed by atoms with E-state index >= 15 is 0 Å². The Morgan fingerprint density at radius 2 is 1.21 bits per heavy atom. The van der Waals surface area contributed by atoms with Gasteiger partial charge in [0.1, 0.15) is 0 Å². The summed E-state index contributed by atoms with van der Waals surface area (Å²) in [5, 5.41) is 6.70. The topological polar surface area (TPSA) is 8.17 Å². The highest BCUT2D eigenvalue weighted by Gasteiger charge is 2.47. The van der Waals surface area contributed by atoms with Crippen molar-refractivity contribution in [1.29, 1.82) is 0 Å². The summed E-state index contributed by atoms with van der Waals surface area (Å²) in [5.74, 6) is 0. The fraction of sp³-hybridized carbons (Fsp3) is 0.321. The lowest BCUT2D eigenvalue weighted by atomic mass is 9.48. The Bertz CT molecular complexity index is 3110. The average molecular weight is 759 g/mol. The summed E-state index contributed by atoms with van der Waals surface area (Å²) in [7, 11) is 0. The van der Waals surface area contributed by atoms with Gasteiger partial charge in [-0.1, -0.05) is 110 Å². The van der Waals surface area contributed by atoms with Crippen LogP contribution in [-0.2, 0) is 21.7 Å². The van der Waals surface area contributed by atoms with Crippen molar-refractivity contribution in [3.05, 3.63) is 125 Å².